The van der Waals surface area contributed by atoms with Crippen LogP contribution >= 0.6 is 0 Å². The zero-order chi connectivity index (χ0) is 24.1. The van der Waals surface area contributed by atoms with Crippen LogP contribution in [-0.2, 0) is 22.6 Å². The molecule has 1 aliphatic carbocycles. The molecule has 1 N–H and O–H groups in total. The number of rotatable bonds is 9. The second-order valence-corrected chi connectivity index (χ2v) is 9.10. The molecular formula is C25H34N6O3. The topological polar surface area (TPSA) is 106 Å². The van der Waals surface area contributed by atoms with Crippen LogP contribution in [0, 0.1) is 6.92 Å². The molecule has 1 fully saturated rings. The number of tetrazole rings is 1. The highest BCUT2D eigenvalue weighted by atomic mass is 16.5. The van der Waals surface area contributed by atoms with E-state index in [2.05, 4.69) is 45.3 Å². The second-order valence-electron chi connectivity index (χ2n) is 9.10. The van der Waals surface area contributed by atoms with Crippen molar-refractivity contribution in [3.8, 4) is 0 Å². The summed E-state index contributed by atoms with van der Waals surface area (Å²) in [5.74, 6) is 0.269. The van der Waals surface area contributed by atoms with Crippen molar-refractivity contribution in [1.29, 1.82) is 0 Å². The molecule has 1 aliphatic rings. The van der Waals surface area contributed by atoms with Crippen molar-refractivity contribution in [1.82, 2.24) is 30.1 Å². The lowest BCUT2D eigenvalue weighted by Gasteiger charge is -2.39. The van der Waals surface area contributed by atoms with E-state index in [0.717, 1.165) is 41.3 Å². The number of nitrogens with zero attached hydrogens (tertiary/aromatic N) is 5. The molecule has 0 radical (unpaired) electrons. The van der Waals surface area contributed by atoms with Crippen molar-refractivity contribution in [2.75, 3.05) is 6.61 Å². The minimum Gasteiger partial charge on any atom is -0.465 e. The molecule has 9 heteroatoms. The van der Waals surface area contributed by atoms with Crippen LogP contribution in [0.4, 0.5) is 0 Å². The number of pyridine rings is 1. The Balaban J connectivity index is 1.70. The van der Waals surface area contributed by atoms with Gasteiger partial charge >= 0.3 is 5.97 Å². The van der Waals surface area contributed by atoms with E-state index in [1.807, 2.05) is 18.2 Å². The van der Waals surface area contributed by atoms with Crippen molar-refractivity contribution >= 4 is 16.9 Å². The molecule has 0 unspecified atom stereocenters. The van der Waals surface area contributed by atoms with Gasteiger partial charge in [-0.25, -0.2) is 4.68 Å². The molecule has 2 heterocycles. The zero-order valence-electron chi connectivity index (χ0n) is 20.3. The molecular weight excluding hydrogens is 432 g/mol. The maximum absolute atomic E-state index is 13.0. The highest BCUT2D eigenvalue weighted by Crippen LogP contribution is 2.33. The average molecular weight is 467 g/mol. The number of nitrogens with one attached hydrogen (secondary N) is 1. The smallest absolute Gasteiger partial charge is 0.327 e. The molecule has 4 rings (SSSR count). The SMILES string of the molecule is CCOC(=O)Cn1nnnc1[C@H](CC)N(Cc1cc2cc(C)ccc2[nH]c1=O)C1CCCCC1. The molecule has 1 saturated carbocycles. The van der Waals surface area contributed by atoms with Crippen LogP contribution in [0.1, 0.15) is 75.4 Å². The van der Waals surface area contributed by atoms with Crippen LogP contribution in [0.3, 0.4) is 0 Å². The fraction of sp³-hybridized carbons (Fsp3) is 0.560. The van der Waals surface area contributed by atoms with Gasteiger partial charge in [0.05, 0.1) is 12.6 Å². The Morgan fingerprint density at radius 3 is 2.76 bits per heavy atom. The number of ether oxygens (including phenoxy) is 1. The normalized spacial score (nSPS) is 15.6. The summed E-state index contributed by atoms with van der Waals surface area (Å²) in [6.07, 6.45) is 6.46. The molecule has 0 saturated heterocycles. The Morgan fingerprint density at radius 2 is 2.03 bits per heavy atom. The summed E-state index contributed by atoms with van der Waals surface area (Å²) in [7, 11) is 0. The van der Waals surface area contributed by atoms with E-state index >= 15 is 0 Å². The summed E-state index contributed by atoms with van der Waals surface area (Å²) in [5.41, 5.74) is 2.65. The Labute approximate surface area is 199 Å². The van der Waals surface area contributed by atoms with Gasteiger partial charge in [0, 0.05) is 23.7 Å². The summed E-state index contributed by atoms with van der Waals surface area (Å²) in [6.45, 7) is 6.70. The standard InChI is InChI=1S/C25H34N6O3/c1-4-22(24-27-28-29-31(24)16-23(32)34-5-2)30(20-9-7-6-8-10-20)15-19-14-18-13-17(3)11-12-21(18)26-25(19)33/h11-14,20,22H,4-10,15-16H2,1-3H3,(H,26,33)/t22-/m0/s1. The molecule has 0 bridgehead atoms. The fourth-order valence-electron chi connectivity index (χ4n) is 5.05. The molecule has 1 aromatic carbocycles. The average Bonchev–Trinajstić information content (AvgIpc) is 3.27. The monoisotopic (exact) mass is 466 g/mol. The van der Waals surface area contributed by atoms with Gasteiger partial charge in [-0.05, 0) is 67.1 Å². The van der Waals surface area contributed by atoms with E-state index < -0.39 is 0 Å². The first-order valence-electron chi connectivity index (χ1n) is 12.3. The van der Waals surface area contributed by atoms with Gasteiger partial charge in [-0.3, -0.25) is 14.5 Å². The Hall–Kier alpha value is -3.07. The maximum Gasteiger partial charge on any atom is 0.327 e. The maximum atomic E-state index is 13.0. The van der Waals surface area contributed by atoms with E-state index in [1.54, 1.807) is 6.92 Å². The number of carbonyl (C=O) groups excluding carboxylic acids is 1. The molecule has 0 spiro atoms. The number of H-pyrrole nitrogens is 1. The summed E-state index contributed by atoms with van der Waals surface area (Å²) >= 11 is 0. The van der Waals surface area contributed by atoms with Crippen molar-refractivity contribution < 1.29 is 9.53 Å². The van der Waals surface area contributed by atoms with Crippen LogP contribution < -0.4 is 5.56 Å². The number of hydrogen-bond acceptors (Lipinski definition) is 7. The number of aromatic amines is 1. The summed E-state index contributed by atoms with van der Waals surface area (Å²) in [4.78, 5) is 30.6. The lowest BCUT2D eigenvalue weighted by Crippen LogP contribution is -2.41. The van der Waals surface area contributed by atoms with Gasteiger partial charge in [0.2, 0.25) is 0 Å². The number of hydrogen-bond donors (Lipinski definition) is 1. The minimum absolute atomic E-state index is 0.0268. The number of aromatic nitrogens is 5. The molecule has 1 atom stereocenters. The van der Waals surface area contributed by atoms with Crippen LogP contribution in [0.5, 0.6) is 0 Å². The van der Waals surface area contributed by atoms with E-state index in [9.17, 15) is 9.59 Å². The third-order valence-electron chi connectivity index (χ3n) is 6.70. The summed E-state index contributed by atoms with van der Waals surface area (Å²) in [5, 5.41) is 13.3. The van der Waals surface area contributed by atoms with Gasteiger partial charge in [0.25, 0.3) is 5.56 Å². The lowest BCUT2D eigenvalue weighted by molar-refractivity contribution is -0.144. The second kappa shape index (κ2) is 10.9. The Bertz CT molecular complexity index is 1180. The molecule has 0 aliphatic heterocycles. The lowest BCUT2D eigenvalue weighted by atomic mass is 9.92. The first-order chi connectivity index (χ1) is 16.5. The molecule has 34 heavy (non-hydrogen) atoms. The van der Waals surface area contributed by atoms with Crippen molar-refractivity contribution in [3.63, 3.8) is 0 Å². The van der Waals surface area contributed by atoms with Gasteiger partial charge in [0.15, 0.2) is 5.82 Å². The molecule has 2 aromatic heterocycles. The zero-order valence-corrected chi connectivity index (χ0v) is 20.3. The number of fused-ring (bicyclic) bond motifs is 1. The quantitative estimate of drug-likeness (QED) is 0.480. The van der Waals surface area contributed by atoms with E-state index in [0.29, 0.717) is 25.0 Å². The summed E-state index contributed by atoms with van der Waals surface area (Å²) < 4.78 is 6.65. The Morgan fingerprint density at radius 1 is 1.24 bits per heavy atom. The van der Waals surface area contributed by atoms with Crippen molar-refractivity contribution in [3.05, 3.63) is 51.6 Å². The predicted octanol–water partition coefficient (Wildman–Crippen LogP) is 3.67. The van der Waals surface area contributed by atoms with E-state index in [-0.39, 0.29) is 24.1 Å². The Kier molecular flexibility index (Phi) is 7.72. The van der Waals surface area contributed by atoms with Gasteiger partial charge < -0.3 is 9.72 Å². The van der Waals surface area contributed by atoms with Gasteiger partial charge in [-0.2, -0.15) is 0 Å². The van der Waals surface area contributed by atoms with Crippen molar-refractivity contribution in [2.24, 2.45) is 0 Å². The number of benzene rings is 1. The van der Waals surface area contributed by atoms with Gasteiger partial charge in [-0.1, -0.05) is 37.8 Å². The van der Waals surface area contributed by atoms with Gasteiger partial charge in [0.1, 0.15) is 6.54 Å². The van der Waals surface area contributed by atoms with Crippen LogP contribution in [0.15, 0.2) is 29.1 Å². The van der Waals surface area contributed by atoms with E-state index in [1.165, 1.54) is 23.9 Å². The van der Waals surface area contributed by atoms with Gasteiger partial charge in [-0.15, -0.1) is 5.10 Å². The minimum atomic E-state index is -0.364. The van der Waals surface area contributed by atoms with Crippen LogP contribution in [0.2, 0.25) is 0 Å². The fourth-order valence-corrected chi connectivity index (χ4v) is 5.05. The predicted molar refractivity (Wildman–Crippen MR) is 129 cm³/mol. The third-order valence-corrected chi connectivity index (χ3v) is 6.70. The van der Waals surface area contributed by atoms with Crippen LogP contribution in [0.25, 0.3) is 10.9 Å². The molecule has 9 nitrogen and oxygen atoms in total. The number of carbonyl (C=O) groups is 1. The first-order valence-corrected chi connectivity index (χ1v) is 12.3. The van der Waals surface area contributed by atoms with Crippen molar-refractivity contribution in [2.45, 2.75) is 84.5 Å². The van der Waals surface area contributed by atoms with Crippen LogP contribution in [-0.4, -0.2) is 48.7 Å². The number of esters is 1. The largest absolute Gasteiger partial charge is 0.465 e. The highest BCUT2D eigenvalue weighted by Gasteiger charge is 2.32. The first kappa shape index (κ1) is 24.1. The highest BCUT2D eigenvalue weighted by molar-refractivity contribution is 5.79. The molecule has 3 aromatic rings. The third kappa shape index (κ3) is 5.35. The number of aryl methyl sites for hydroxylation is 1. The molecule has 0 amide bonds. The molecule has 182 valence electrons. The van der Waals surface area contributed by atoms with E-state index in [4.69, 9.17) is 4.74 Å². The summed E-state index contributed by atoms with van der Waals surface area (Å²) in [6, 6.07) is 8.25.